The minimum absolute atomic E-state index is 0.0768. The molecule has 1 aliphatic heterocycles. The second kappa shape index (κ2) is 4.62. The number of anilines is 1. The first-order chi connectivity index (χ1) is 7.27. The van der Waals surface area contributed by atoms with E-state index in [0.29, 0.717) is 0 Å². The third-order valence-electron chi connectivity index (χ3n) is 2.98. The quantitative estimate of drug-likeness (QED) is 0.804. The zero-order valence-corrected chi connectivity index (χ0v) is 9.32. The molecule has 1 aromatic heterocycles. The molecule has 0 saturated carbocycles. The van der Waals surface area contributed by atoms with Crippen LogP contribution in [-0.4, -0.2) is 18.1 Å². The summed E-state index contributed by atoms with van der Waals surface area (Å²) in [5.74, 6) is 1.10. The van der Waals surface area contributed by atoms with Gasteiger partial charge in [-0.3, -0.25) is 0 Å². The molecule has 0 aliphatic carbocycles. The van der Waals surface area contributed by atoms with Crippen molar-refractivity contribution in [2.24, 2.45) is 5.73 Å². The van der Waals surface area contributed by atoms with Gasteiger partial charge in [0.15, 0.2) is 0 Å². The molecule has 1 saturated heterocycles. The standard InChI is InChI=1S/C12H19N3/c1-10(13)11-5-6-12(14-9-11)15-7-3-2-4-8-15/h5-6,9-10H,2-4,7-8,13H2,1H3/t10-/m1/s1. The fraction of sp³-hybridized carbons (Fsp3) is 0.583. The van der Waals surface area contributed by atoms with Crippen LogP contribution in [0.5, 0.6) is 0 Å². The maximum Gasteiger partial charge on any atom is 0.128 e. The summed E-state index contributed by atoms with van der Waals surface area (Å²) in [6.07, 6.45) is 5.83. The number of piperidine rings is 1. The van der Waals surface area contributed by atoms with E-state index in [1.54, 1.807) is 0 Å². The van der Waals surface area contributed by atoms with Gasteiger partial charge >= 0.3 is 0 Å². The molecule has 0 radical (unpaired) electrons. The number of pyridine rings is 1. The lowest BCUT2D eigenvalue weighted by Gasteiger charge is -2.27. The number of nitrogens with zero attached hydrogens (tertiary/aromatic N) is 2. The molecular weight excluding hydrogens is 186 g/mol. The van der Waals surface area contributed by atoms with Gasteiger partial charge in [0.25, 0.3) is 0 Å². The van der Waals surface area contributed by atoms with Gasteiger partial charge in [0.05, 0.1) is 0 Å². The molecular formula is C12H19N3. The Labute approximate surface area is 91.3 Å². The number of nitrogens with two attached hydrogens (primary N) is 1. The first kappa shape index (κ1) is 10.4. The van der Waals surface area contributed by atoms with Gasteiger partial charge < -0.3 is 10.6 Å². The summed E-state index contributed by atoms with van der Waals surface area (Å²) in [7, 11) is 0. The average molecular weight is 205 g/mol. The fourth-order valence-electron chi connectivity index (χ4n) is 1.98. The van der Waals surface area contributed by atoms with Gasteiger partial charge in [-0.1, -0.05) is 6.07 Å². The maximum atomic E-state index is 5.79. The second-order valence-electron chi connectivity index (χ2n) is 4.29. The van der Waals surface area contributed by atoms with E-state index in [1.165, 1.54) is 19.3 Å². The zero-order chi connectivity index (χ0) is 10.7. The summed E-state index contributed by atoms with van der Waals surface area (Å²) < 4.78 is 0. The third-order valence-corrected chi connectivity index (χ3v) is 2.98. The van der Waals surface area contributed by atoms with Crippen LogP contribution in [0.25, 0.3) is 0 Å². The van der Waals surface area contributed by atoms with Crippen molar-refractivity contribution in [3.05, 3.63) is 23.9 Å². The molecule has 0 aromatic carbocycles. The molecule has 2 N–H and O–H groups in total. The smallest absolute Gasteiger partial charge is 0.128 e. The molecule has 1 fully saturated rings. The fourth-order valence-corrected chi connectivity index (χ4v) is 1.98. The van der Waals surface area contributed by atoms with Crippen LogP contribution >= 0.6 is 0 Å². The summed E-state index contributed by atoms with van der Waals surface area (Å²) in [4.78, 5) is 6.83. The van der Waals surface area contributed by atoms with Gasteiger partial charge in [0, 0.05) is 25.3 Å². The van der Waals surface area contributed by atoms with Crippen molar-refractivity contribution in [1.82, 2.24) is 4.98 Å². The van der Waals surface area contributed by atoms with Crippen molar-refractivity contribution in [2.75, 3.05) is 18.0 Å². The molecule has 0 spiro atoms. The molecule has 15 heavy (non-hydrogen) atoms. The van der Waals surface area contributed by atoms with Crippen molar-refractivity contribution in [3.8, 4) is 0 Å². The Hall–Kier alpha value is -1.09. The first-order valence-electron chi connectivity index (χ1n) is 5.74. The van der Waals surface area contributed by atoms with Crippen molar-refractivity contribution in [2.45, 2.75) is 32.2 Å². The largest absolute Gasteiger partial charge is 0.357 e. The van der Waals surface area contributed by atoms with E-state index in [-0.39, 0.29) is 6.04 Å². The normalized spacial score (nSPS) is 18.9. The van der Waals surface area contributed by atoms with E-state index in [0.717, 1.165) is 24.5 Å². The average Bonchev–Trinajstić information content (AvgIpc) is 2.30. The van der Waals surface area contributed by atoms with Crippen LogP contribution in [0.1, 0.15) is 37.8 Å². The van der Waals surface area contributed by atoms with E-state index in [1.807, 2.05) is 13.1 Å². The van der Waals surface area contributed by atoms with E-state index >= 15 is 0 Å². The summed E-state index contributed by atoms with van der Waals surface area (Å²) in [5, 5.41) is 0. The first-order valence-corrected chi connectivity index (χ1v) is 5.74. The number of rotatable bonds is 2. The number of hydrogen-bond donors (Lipinski definition) is 1. The molecule has 2 rings (SSSR count). The monoisotopic (exact) mass is 205 g/mol. The molecule has 3 heteroatoms. The van der Waals surface area contributed by atoms with Gasteiger partial charge in [0.2, 0.25) is 0 Å². The highest BCUT2D eigenvalue weighted by Gasteiger charge is 2.11. The topological polar surface area (TPSA) is 42.1 Å². The van der Waals surface area contributed by atoms with E-state index in [2.05, 4.69) is 22.0 Å². The molecule has 2 heterocycles. The van der Waals surface area contributed by atoms with Gasteiger partial charge in [-0.05, 0) is 37.8 Å². The van der Waals surface area contributed by atoms with Crippen LogP contribution in [0, 0.1) is 0 Å². The van der Waals surface area contributed by atoms with Crippen LogP contribution in [0.4, 0.5) is 5.82 Å². The second-order valence-corrected chi connectivity index (χ2v) is 4.29. The molecule has 82 valence electrons. The van der Waals surface area contributed by atoms with Crippen molar-refractivity contribution in [1.29, 1.82) is 0 Å². The molecule has 0 unspecified atom stereocenters. The predicted octanol–water partition coefficient (Wildman–Crippen LogP) is 2.09. The Morgan fingerprint density at radius 2 is 2.00 bits per heavy atom. The summed E-state index contributed by atoms with van der Waals surface area (Å²) >= 11 is 0. The minimum atomic E-state index is 0.0768. The van der Waals surface area contributed by atoms with Crippen LogP contribution in [0.15, 0.2) is 18.3 Å². The predicted molar refractivity (Wildman–Crippen MR) is 62.9 cm³/mol. The Morgan fingerprint density at radius 1 is 1.27 bits per heavy atom. The van der Waals surface area contributed by atoms with Crippen LogP contribution in [0.3, 0.4) is 0 Å². The lowest BCUT2D eigenvalue weighted by molar-refractivity contribution is 0.573. The Balaban J connectivity index is 2.08. The van der Waals surface area contributed by atoms with Gasteiger partial charge in [-0.25, -0.2) is 4.98 Å². The Morgan fingerprint density at radius 3 is 2.53 bits per heavy atom. The Kier molecular flexibility index (Phi) is 3.21. The van der Waals surface area contributed by atoms with Crippen molar-refractivity contribution >= 4 is 5.82 Å². The molecule has 0 bridgehead atoms. The highest BCUT2D eigenvalue weighted by atomic mass is 15.2. The van der Waals surface area contributed by atoms with Crippen LogP contribution < -0.4 is 10.6 Å². The minimum Gasteiger partial charge on any atom is -0.357 e. The highest BCUT2D eigenvalue weighted by molar-refractivity contribution is 5.40. The lowest BCUT2D eigenvalue weighted by atomic mass is 10.1. The van der Waals surface area contributed by atoms with Crippen molar-refractivity contribution < 1.29 is 0 Å². The van der Waals surface area contributed by atoms with E-state index in [4.69, 9.17) is 5.73 Å². The SMILES string of the molecule is C[C@@H](N)c1ccc(N2CCCCC2)nc1. The zero-order valence-electron chi connectivity index (χ0n) is 9.32. The van der Waals surface area contributed by atoms with Crippen LogP contribution in [-0.2, 0) is 0 Å². The lowest BCUT2D eigenvalue weighted by Crippen LogP contribution is -2.30. The number of aromatic nitrogens is 1. The van der Waals surface area contributed by atoms with Gasteiger partial charge in [0.1, 0.15) is 5.82 Å². The van der Waals surface area contributed by atoms with Gasteiger partial charge in [-0.15, -0.1) is 0 Å². The molecule has 3 nitrogen and oxygen atoms in total. The summed E-state index contributed by atoms with van der Waals surface area (Å²) in [6, 6.07) is 4.25. The molecule has 1 aromatic rings. The van der Waals surface area contributed by atoms with E-state index in [9.17, 15) is 0 Å². The van der Waals surface area contributed by atoms with Gasteiger partial charge in [-0.2, -0.15) is 0 Å². The number of hydrogen-bond acceptors (Lipinski definition) is 3. The summed E-state index contributed by atoms with van der Waals surface area (Å²) in [6.45, 7) is 4.27. The van der Waals surface area contributed by atoms with Crippen molar-refractivity contribution in [3.63, 3.8) is 0 Å². The third kappa shape index (κ3) is 2.48. The van der Waals surface area contributed by atoms with Crippen LogP contribution in [0.2, 0.25) is 0 Å². The molecule has 1 aliphatic rings. The highest BCUT2D eigenvalue weighted by Crippen LogP contribution is 2.18. The molecule has 0 amide bonds. The van der Waals surface area contributed by atoms with E-state index < -0.39 is 0 Å². The molecule has 1 atom stereocenters. The summed E-state index contributed by atoms with van der Waals surface area (Å²) in [5.41, 5.74) is 6.90. The Bertz CT molecular complexity index is 299. The maximum absolute atomic E-state index is 5.79.